The van der Waals surface area contributed by atoms with E-state index in [1.54, 1.807) is 0 Å². The first-order chi connectivity index (χ1) is 9.58. The van der Waals surface area contributed by atoms with Crippen molar-refractivity contribution in [3.63, 3.8) is 0 Å². The molecule has 0 aliphatic carbocycles. The van der Waals surface area contributed by atoms with Crippen LogP contribution in [-0.4, -0.2) is 46.7 Å². The van der Waals surface area contributed by atoms with Gasteiger partial charge in [0.2, 0.25) is 0 Å². The van der Waals surface area contributed by atoms with E-state index in [1.165, 1.54) is 29.2 Å². The lowest BCUT2D eigenvalue weighted by Gasteiger charge is -2.22. The number of nitro groups is 1. The molecule has 7 nitrogen and oxygen atoms in total. The van der Waals surface area contributed by atoms with Crippen molar-refractivity contribution < 1.29 is 14.5 Å². The zero-order valence-corrected chi connectivity index (χ0v) is 10.6. The van der Waals surface area contributed by atoms with Gasteiger partial charge in [-0.3, -0.25) is 19.7 Å². The van der Waals surface area contributed by atoms with Gasteiger partial charge >= 0.3 is 0 Å². The van der Waals surface area contributed by atoms with Gasteiger partial charge in [0, 0.05) is 17.7 Å². The Morgan fingerprint density at radius 2 is 2.25 bits per heavy atom. The molecule has 0 bridgehead atoms. The van der Waals surface area contributed by atoms with Crippen LogP contribution in [0.2, 0.25) is 0 Å². The lowest BCUT2D eigenvalue weighted by Crippen LogP contribution is -2.39. The second-order valence-electron chi connectivity index (χ2n) is 4.99. The molecule has 2 fully saturated rings. The SMILES string of the molecule is O=C1CN(C(=O)c2cccc([N+](=O)[O-])c2)C2CCNC12. The fourth-order valence-electron chi connectivity index (χ4n) is 2.88. The number of non-ortho nitro benzene ring substituents is 1. The number of carbonyl (C=O) groups is 2. The maximum absolute atomic E-state index is 12.4. The van der Waals surface area contributed by atoms with Crippen LogP contribution >= 0.6 is 0 Å². The molecular formula is C13H13N3O4. The third-order valence-electron chi connectivity index (χ3n) is 3.83. The van der Waals surface area contributed by atoms with Gasteiger partial charge in [0.15, 0.2) is 5.78 Å². The molecule has 2 saturated heterocycles. The second kappa shape index (κ2) is 4.68. The summed E-state index contributed by atoms with van der Waals surface area (Å²) in [4.78, 5) is 36.0. The summed E-state index contributed by atoms with van der Waals surface area (Å²) in [6, 6.07) is 5.20. The van der Waals surface area contributed by atoms with Crippen LogP contribution in [0.15, 0.2) is 24.3 Å². The summed E-state index contributed by atoms with van der Waals surface area (Å²) < 4.78 is 0. The van der Waals surface area contributed by atoms with Crippen molar-refractivity contribution in [2.24, 2.45) is 0 Å². The highest BCUT2D eigenvalue weighted by atomic mass is 16.6. The first-order valence-electron chi connectivity index (χ1n) is 6.39. The van der Waals surface area contributed by atoms with Crippen molar-refractivity contribution in [3.05, 3.63) is 39.9 Å². The quantitative estimate of drug-likeness (QED) is 0.621. The number of ketones is 1. The number of rotatable bonds is 2. The lowest BCUT2D eigenvalue weighted by molar-refractivity contribution is -0.384. The van der Waals surface area contributed by atoms with Gasteiger partial charge < -0.3 is 10.2 Å². The fraction of sp³-hybridized carbons (Fsp3) is 0.385. The molecule has 2 aliphatic heterocycles. The standard InChI is InChI=1S/C13H13N3O4/c17-11-7-15(10-4-5-14-12(10)11)13(18)8-2-1-3-9(6-8)16(19)20/h1-3,6,10,12,14H,4-5,7H2. The molecule has 104 valence electrons. The van der Waals surface area contributed by atoms with Crippen molar-refractivity contribution in [1.82, 2.24) is 10.2 Å². The molecule has 2 aliphatic rings. The molecule has 2 atom stereocenters. The molecule has 20 heavy (non-hydrogen) atoms. The Morgan fingerprint density at radius 1 is 1.45 bits per heavy atom. The maximum atomic E-state index is 12.4. The number of amides is 1. The van der Waals surface area contributed by atoms with E-state index < -0.39 is 4.92 Å². The van der Waals surface area contributed by atoms with Crippen molar-refractivity contribution in [2.75, 3.05) is 13.1 Å². The minimum atomic E-state index is -0.536. The summed E-state index contributed by atoms with van der Waals surface area (Å²) in [6.45, 7) is 0.781. The molecule has 0 spiro atoms. The van der Waals surface area contributed by atoms with Crippen LogP contribution in [0.5, 0.6) is 0 Å². The Kier molecular flexibility index (Phi) is 2.98. The number of fused-ring (bicyclic) bond motifs is 1. The van der Waals surface area contributed by atoms with Gasteiger partial charge in [-0.2, -0.15) is 0 Å². The van der Waals surface area contributed by atoms with Gasteiger partial charge in [0.05, 0.1) is 23.6 Å². The van der Waals surface area contributed by atoms with E-state index in [0.29, 0.717) is 6.54 Å². The molecule has 0 radical (unpaired) electrons. The van der Waals surface area contributed by atoms with Crippen molar-refractivity contribution in [2.45, 2.75) is 18.5 Å². The van der Waals surface area contributed by atoms with Crippen LogP contribution < -0.4 is 5.32 Å². The Balaban J connectivity index is 1.87. The predicted octanol–water partition coefficient (Wildman–Crippen LogP) is 0.350. The van der Waals surface area contributed by atoms with Crippen LogP contribution in [0, 0.1) is 10.1 Å². The van der Waals surface area contributed by atoms with E-state index in [-0.39, 0.29) is 41.6 Å². The van der Waals surface area contributed by atoms with E-state index in [4.69, 9.17) is 0 Å². The molecule has 2 heterocycles. The number of hydrogen-bond donors (Lipinski definition) is 1. The number of benzene rings is 1. The van der Waals surface area contributed by atoms with Gasteiger partial charge in [-0.15, -0.1) is 0 Å². The monoisotopic (exact) mass is 275 g/mol. The zero-order valence-electron chi connectivity index (χ0n) is 10.6. The molecular weight excluding hydrogens is 262 g/mol. The Morgan fingerprint density at radius 3 is 3.00 bits per heavy atom. The van der Waals surface area contributed by atoms with Gasteiger partial charge in [-0.05, 0) is 19.0 Å². The number of nitrogens with one attached hydrogen (secondary N) is 1. The van der Waals surface area contributed by atoms with Gasteiger partial charge in [-0.25, -0.2) is 0 Å². The summed E-state index contributed by atoms with van der Waals surface area (Å²) in [5.41, 5.74) is 0.127. The highest BCUT2D eigenvalue weighted by Gasteiger charge is 2.45. The Bertz CT molecular complexity index is 601. The molecule has 0 aromatic heterocycles. The molecule has 1 aromatic rings. The third-order valence-corrected chi connectivity index (χ3v) is 3.83. The molecule has 1 amide bonds. The summed E-state index contributed by atoms with van der Waals surface area (Å²) >= 11 is 0. The lowest BCUT2D eigenvalue weighted by atomic mass is 10.1. The molecule has 0 saturated carbocycles. The van der Waals surface area contributed by atoms with Crippen LogP contribution in [0.1, 0.15) is 16.8 Å². The normalized spacial score (nSPS) is 24.8. The van der Waals surface area contributed by atoms with Gasteiger partial charge in [-0.1, -0.05) is 6.07 Å². The third kappa shape index (κ3) is 1.96. The molecule has 7 heteroatoms. The van der Waals surface area contributed by atoms with Crippen LogP contribution in [0.3, 0.4) is 0 Å². The first kappa shape index (κ1) is 12.7. The van der Waals surface area contributed by atoms with Crippen molar-refractivity contribution in [3.8, 4) is 0 Å². The average molecular weight is 275 g/mol. The van der Waals surface area contributed by atoms with Crippen LogP contribution in [0.25, 0.3) is 0 Å². The Hall–Kier alpha value is -2.28. The Labute approximate surface area is 114 Å². The average Bonchev–Trinajstić information content (AvgIpc) is 3.02. The number of nitrogens with zero attached hydrogens (tertiary/aromatic N) is 2. The van der Waals surface area contributed by atoms with E-state index in [2.05, 4.69) is 5.32 Å². The number of Topliss-reactive ketones (excluding diaryl/α,β-unsaturated/α-hetero) is 1. The fourth-order valence-corrected chi connectivity index (χ4v) is 2.88. The molecule has 3 rings (SSSR count). The molecule has 1 aromatic carbocycles. The summed E-state index contributed by atoms with van der Waals surface area (Å²) in [5, 5.41) is 13.8. The summed E-state index contributed by atoms with van der Waals surface area (Å²) in [6.07, 6.45) is 0.733. The van der Waals surface area contributed by atoms with E-state index in [0.717, 1.165) is 6.42 Å². The first-order valence-corrected chi connectivity index (χ1v) is 6.39. The van der Waals surface area contributed by atoms with E-state index in [1.807, 2.05) is 0 Å². The van der Waals surface area contributed by atoms with Crippen LogP contribution in [0.4, 0.5) is 5.69 Å². The smallest absolute Gasteiger partial charge is 0.270 e. The number of nitro benzene ring substituents is 1. The molecule has 2 unspecified atom stereocenters. The highest BCUT2D eigenvalue weighted by molar-refractivity contribution is 6.01. The van der Waals surface area contributed by atoms with Crippen molar-refractivity contribution in [1.29, 1.82) is 0 Å². The number of hydrogen-bond acceptors (Lipinski definition) is 5. The minimum Gasteiger partial charge on any atom is -0.326 e. The van der Waals surface area contributed by atoms with Crippen LogP contribution in [-0.2, 0) is 4.79 Å². The van der Waals surface area contributed by atoms with Gasteiger partial charge in [0.1, 0.15) is 0 Å². The van der Waals surface area contributed by atoms with Gasteiger partial charge in [0.25, 0.3) is 11.6 Å². The van der Waals surface area contributed by atoms with E-state index >= 15 is 0 Å². The molecule has 1 N–H and O–H groups in total. The maximum Gasteiger partial charge on any atom is 0.270 e. The highest BCUT2D eigenvalue weighted by Crippen LogP contribution is 2.25. The second-order valence-corrected chi connectivity index (χ2v) is 4.99. The summed E-state index contributed by atoms with van der Waals surface area (Å²) in [5.74, 6) is -0.315. The number of likely N-dealkylation sites (tertiary alicyclic amines) is 1. The largest absolute Gasteiger partial charge is 0.326 e. The van der Waals surface area contributed by atoms with Crippen molar-refractivity contribution >= 4 is 17.4 Å². The van der Waals surface area contributed by atoms with E-state index in [9.17, 15) is 19.7 Å². The predicted molar refractivity (Wildman–Crippen MR) is 69.3 cm³/mol. The topological polar surface area (TPSA) is 92.5 Å². The number of carbonyl (C=O) groups excluding carboxylic acids is 2. The zero-order chi connectivity index (χ0) is 14.3. The minimum absolute atomic E-state index is 0.00582. The summed E-state index contributed by atoms with van der Waals surface area (Å²) in [7, 11) is 0.